The van der Waals surface area contributed by atoms with E-state index in [4.69, 9.17) is 0 Å². The molecule has 3 nitrogen and oxygen atoms in total. The normalized spacial score (nSPS) is 15.9. The standard InChI is InChI=1S/C22H25BrN2O.HI/c1-25(14-3-2-4-15-25)17-19-8-11-21(12-9-19)24-22(26)13-10-18-6-5-7-20(23)16-18;/h5-13,16H,2-4,14-15,17H2,1H3;1H/b13-10+;. The number of rotatable bonds is 5. The van der Waals surface area contributed by atoms with Crippen molar-refractivity contribution in [3.63, 3.8) is 0 Å². The molecule has 0 bridgehead atoms. The molecule has 1 heterocycles. The molecule has 0 atom stereocenters. The van der Waals surface area contributed by atoms with Gasteiger partial charge in [0.05, 0.1) is 20.1 Å². The van der Waals surface area contributed by atoms with Crippen LogP contribution in [0.25, 0.3) is 6.08 Å². The van der Waals surface area contributed by atoms with Gasteiger partial charge in [0.25, 0.3) is 0 Å². The highest BCUT2D eigenvalue weighted by molar-refractivity contribution is 9.10. The molecule has 0 saturated carbocycles. The molecule has 1 amide bonds. The number of piperidine rings is 1. The first-order chi connectivity index (χ1) is 12.5. The summed E-state index contributed by atoms with van der Waals surface area (Å²) in [7, 11) is 2.35. The number of hydrogen-bond acceptors (Lipinski definition) is 1. The summed E-state index contributed by atoms with van der Waals surface area (Å²) < 4.78 is 2.13. The summed E-state index contributed by atoms with van der Waals surface area (Å²) in [6.07, 6.45) is 7.40. The zero-order valence-electron chi connectivity index (χ0n) is 15.6. The van der Waals surface area contributed by atoms with Gasteiger partial charge < -0.3 is 33.8 Å². The maximum atomic E-state index is 12.1. The van der Waals surface area contributed by atoms with Gasteiger partial charge in [0.2, 0.25) is 5.91 Å². The van der Waals surface area contributed by atoms with Gasteiger partial charge in [-0.15, -0.1) is 0 Å². The number of benzene rings is 2. The molecule has 5 heteroatoms. The number of carbonyl (C=O) groups is 1. The Morgan fingerprint density at radius 2 is 1.81 bits per heavy atom. The van der Waals surface area contributed by atoms with Crippen molar-refractivity contribution in [1.82, 2.24) is 0 Å². The molecule has 1 aliphatic rings. The van der Waals surface area contributed by atoms with Gasteiger partial charge in [-0.25, -0.2) is 0 Å². The van der Waals surface area contributed by atoms with Crippen molar-refractivity contribution < 1.29 is 33.3 Å². The van der Waals surface area contributed by atoms with E-state index < -0.39 is 0 Å². The molecule has 3 rings (SSSR count). The van der Waals surface area contributed by atoms with E-state index in [9.17, 15) is 4.79 Å². The summed E-state index contributed by atoms with van der Waals surface area (Å²) >= 11 is 3.43. The molecule has 1 N–H and O–H groups in total. The van der Waals surface area contributed by atoms with E-state index in [0.717, 1.165) is 26.8 Å². The third-order valence-electron chi connectivity index (χ3n) is 4.96. The van der Waals surface area contributed by atoms with Gasteiger partial charge in [0, 0.05) is 21.8 Å². The van der Waals surface area contributed by atoms with Crippen molar-refractivity contribution in [2.75, 3.05) is 25.5 Å². The van der Waals surface area contributed by atoms with Crippen molar-refractivity contribution in [2.45, 2.75) is 25.8 Å². The molecular weight excluding hydrogens is 515 g/mol. The lowest BCUT2D eigenvalue weighted by atomic mass is 10.1. The van der Waals surface area contributed by atoms with Gasteiger partial charge in [-0.2, -0.15) is 0 Å². The van der Waals surface area contributed by atoms with E-state index in [0.29, 0.717) is 0 Å². The monoisotopic (exact) mass is 540 g/mol. The summed E-state index contributed by atoms with van der Waals surface area (Å²) in [5, 5.41) is 2.92. The Morgan fingerprint density at radius 1 is 1.11 bits per heavy atom. The van der Waals surface area contributed by atoms with Crippen LogP contribution in [0.15, 0.2) is 59.1 Å². The van der Waals surface area contributed by atoms with Crippen LogP contribution in [0, 0.1) is 0 Å². The van der Waals surface area contributed by atoms with Gasteiger partial charge in [-0.3, -0.25) is 4.79 Å². The first-order valence-electron chi connectivity index (χ1n) is 9.20. The average molecular weight is 541 g/mol. The SMILES string of the molecule is C[N+]1(Cc2ccc(NC(=O)/C=C/c3cccc(Br)c3)cc2)CCCCC1.[I-]. The fourth-order valence-corrected chi connectivity index (χ4v) is 3.95. The van der Waals surface area contributed by atoms with Crippen LogP contribution >= 0.6 is 15.9 Å². The van der Waals surface area contributed by atoms with Gasteiger partial charge >= 0.3 is 0 Å². The molecule has 0 radical (unpaired) electrons. The number of halogens is 2. The predicted octanol–water partition coefficient (Wildman–Crippen LogP) is 2.24. The summed E-state index contributed by atoms with van der Waals surface area (Å²) in [6, 6.07) is 16.1. The number of nitrogens with zero attached hydrogens (tertiary/aromatic N) is 1. The van der Waals surface area contributed by atoms with Crippen LogP contribution in [0.1, 0.15) is 30.4 Å². The van der Waals surface area contributed by atoms with Crippen LogP contribution in [0.2, 0.25) is 0 Å². The lowest BCUT2D eigenvalue weighted by molar-refractivity contribution is -0.926. The predicted molar refractivity (Wildman–Crippen MR) is 112 cm³/mol. The number of anilines is 1. The number of hydrogen-bond donors (Lipinski definition) is 1. The van der Waals surface area contributed by atoms with Crippen LogP contribution < -0.4 is 29.3 Å². The van der Waals surface area contributed by atoms with Crippen LogP contribution in [0.4, 0.5) is 5.69 Å². The summed E-state index contributed by atoms with van der Waals surface area (Å²) in [4.78, 5) is 12.1. The maximum absolute atomic E-state index is 12.1. The smallest absolute Gasteiger partial charge is 0.248 e. The van der Waals surface area contributed by atoms with Gasteiger partial charge in [0.15, 0.2) is 0 Å². The second-order valence-electron chi connectivity index (χ2n) is 7.36. The third kappa shape index (κ3) is 7.05. The van der Waals surface area contributed by atoms with Crippen LogP contribution in [0.3, 0.4) is 0 Å². The molecule has 0 unspecified atom stereocenters. The van der Waals surface area contributed by atoms with Gasteiger partial charge in [0.1, 0.15) is 6.54 Å². The zero-order valence-corrected chi connectivity index (χ0v) is 19.4. The number of amides is 1. The quantitative estimate of drug-likeness (QED) is 0.352. The van der Waals surface area contributed by atoms with E-state index in [1.165, 1.54) is 37.9 Å². The molecule has 1 aliphatic heterocycles. The van der Waals surface area contributed by atoms with Crippen molar-refractivity contribution in [3.8, 4) is 0 Å². The highest BCUT2D eigenvalue weighted by atomic mass is 127. The number of nitrogens with one attached hydrogen (secondary N) is 1. The Morgan fingerprint density at radius 3 is 2.48 bits per heavy atom. The molecule has 1 saturated heterocycles. The minimum atomic E-state index is -0.118. The first kappa shape index (κ1) is 22.1. The molecule has 27 heavy (non-hydrogen) atoms. The van der Waals surface area contributed by atoms with Gasteiger partial charge in [-0.05, 0) is 55.2 Å². The largest absolute Gasteiger partial charge is 1.00 e. The van der Waals surface area contributed by atoms with Crippen LogP contribution in [0.5, 0.6) is 0 Å². The lowest BCUT2D eigenvalue weighted by Gasteiger charge is -2.37. The summed E-state index contributed by atoms with van der Waals surface area (Å²) in [5.41, 5.74) is 3.15. The molecule has 144 valence electrons. The Labute approximate surface area is 187 Å². The highest BCUT2D eigenvalue weighted by Crippen LogP contribution is 2.21. The maximum Gasteiger partial charge on any atom is 0.248 e. The second kappa shape index (κ2) is 10.4. The van der Waals surface area contributed by atoms with Crippen molar-refractivity contribution in [1.29, 1.82) is 0 Å². The Hall–Kier alpha value is -1.18. The molecule has 0 spiro atoms. The van der Waals surface area contributed by atoms with Crippen LogP contribution in [-0.2, 0) is 11.3 Å². The number of carbonyl (C=O) groups excluding carboxylic acids is 1. The second-order valence-corrected chi connectivity index (χ2v) is 8.28. The molecule has 1 fully saturated rings. The number of quaternary nitrogens is 1. The third-order valence-corrected chi connectivity index (χ3v) is 5.45. The van der Waals surface area contributed by atoms with Crippen LogP contribution in [-0.4, -0.2) is 30.5 Å². The van der Waals surface area contributed by atoms with Crippen molar-refractivity contribution >= 4 is 33.6 Å². The Balaban J connectivity index is 0.00000261. The fraction of sp³-hybridized carbons (Fsp3) is 0.318. The minimum absolute atomic E-state index is 0. The lowest BCUT2D eigenvalue weighted by Crippen LogP contribution is -3.00. The molecule has 2 aromatic carbocycles. The fourth-order valence-electron chi connectivity index (χ4n) is 3.53. The summed E-state index contributed by atoms with van der Waals surface area (Å²) in [6.45, 7) is 3.59. The zero-order chi connectivity index (χ0) is 18.4. The molecule has 0 aromatic heterocycles. The van der Waals surface area contributed by atoms with E-state index in [2.05, 4.69) is 40.4 Å². The van der Waals surface area contributed by atoms with Crippen molar-refractivity contribution in [2.24, 2.45) is 0 Å². The minimum Gasteiger partial charge on any atom is -1.00 e. The molecule has 2 aromatic rings. The Kier molecular flexibility index (Phi) is 8.51. The average Bonchev–Trinajstić information content (AvgIpc) is 2.62. The van der Waals surface area contributed by atoms with E-state index >= 15 is 0 Å². The first-order valence-corrected chi connectivity index (χ1v) is 9.99. The van der Waals surface area contributed by atoms with E-state index in [1.807, 2.05) is 42.5 Å². The van der Waals surface area contributed by atoms with E-state index in [-0.39, 0.29) is 29.9 Å². The Bertz CT molecular complexity index is 783. The topological polar surface area (TPSA) is 29.1 Å². The number of likely N-dealkylation sites (tertiary alicyclic amines) is 1. The highest BCUT2D eigenvalue weighted by Gasteiger charge is 2.24. The molecule has 0 aliphatic carbocycles. The van der Waals surface area contributed by atoms with E-state index in [1.54, 1.807) is 6.08 Å². The van der Waals surface area contributed by atoms with Crippen molar-refractivity contribution in [3.05, 3.63) is 70.2 Å². The summed E-state index contributed by atoms with van der Waals surface area (Å²) in [5.74, 6) is -0.118. The van der Waals surface area contributed by atoms with Gasteiger partial charge in [-0.1, -0.05) is 40.2 Å². The molecular formula is C22H26BrIN2O.